The summed E-state index contributed by atoms with van der Waals surface area (Å²) in [6.07, 6.45) is 13.2. The van der Waals surface area contributed by atoms with Crippen LogP contribution in [0.15, 0.2) is 60.1 Å². The molecule has 7 rings (SSSR count). The van der Waals surface area contributed by atoms with Crippen molar-refractivity contribution in [1.29, 1.82) is 0 Å². The molecule has 0 amide bonds. The topological polar surface area (TPSA) is 78.7 Å². The number of fused-ring (bicyclic) bond motifs is 2. The molecule has 7 atom stereocenters. The van der Waals surface area contributed by atoms with Crippen molar-refractivity contribution < 1.29 is 14.9 Å². The Balaban J connectivity index is 1.30. The molecule has 6 heteroatoms. The summed E-state index contributed by atoms with van der Waals surface area (Å²) in [7, 11) is 3.95. The van der Waals surface area contributed by atoms with E-state index in [1.807, 2.05) is 25.2 Å². The second kappa shape index (κ2) is 7.10. The lowest BCUT2D eigenvalue weighted by Crippen LogP contribution is -2.61. The highest BCUT2D eigenvalue weighted by atomic mass is 16.5. The van der Waals surface area contributed by atoms with Crippen molar-refractivity contribution >= 4 is 16.5 Å². The van der Waals surface area contributed by atoms with Crippen LogP contribution in [0.5, 0.6) is 0 Å². The molecule has 1 aromatic carbocycles. The lowest BCUT2D eigenvalue weighted by Gasteiger charge is -2.55. The molecular formula is C29H33N3O3. The molecule has 182 valence electrons. The molecule has 1 saturated carbocycles. The molecule has 2 aromatic rings. The van der Waals surface area contributed by atoms with Gasteiger partial charge >= 0.3 is 0 Å². The zero-order valence-corrected chi connectivity index (χ0v) is 20.6. The highest BCUT2D eigenvalue weighted by Crippen LogP contribution is 2.67. The Kier molecular flexibility index (Phi) is 4.44. The van der Waals surface area contributed by atoms with E-state index in [1.165, 1.54) is 16.7 Å². The van der Waals surface area contributed by atoms with E-state index in [4.69, 9.17) is 4.74 Å². The summed E-state index contributed by atoms with van der Waals surface area (Å²) in [5.41, 5.74) is 4.83. The molecule has 7 unspecified atom stereocenters. The van der Waals surface area contributed by atoms with Crippen molar-refractivity contribution in [2.75, 3.05) is 14.1 Å². The Morgan fingerprint density at radius 1 is 1.14 bits per heavy atom. The number of rotatable bonds is 2. The van der Waals surface area contributed by atoms with Gasteiger partial charge < -0.3 is 19.8 Å². The number of aliphatic hydroxyl groups is 2. The van der Waals surface area contributed by atoms with Crippen molar-refractivity contribution in [2.24, 2.45) is 11.3 Å². The fourth-order valence-corrected chi connectivity index (χ4v) is 8.10. The van der Waals surface area contributed by atoms with Crippen LogP contribution in [0, 0.1) is 11.3 Å². The highest BCUT2D eigenvalue weighted by molar-refractivity contribution is 5.84. The molecule has 5 aliphatic rings. The number of nitrogens with zero attached hydrogens (tertiary/aromatic N) is 3. The van der Waals surface area contributed by atoms with Gasteiger partial charge in [0.1, 0.15) is 12.4 Å². The van der Waals surface area contributed by atoms with Gasteiger partial charge in [0, 0.05) is 29.0 Å². The van der Waals surface area contributed by atoms with E-state index in [0.29, 0.717) is 12.3 Å². The van der Waals surface area contributed by atoms with Gasteiger partial charge in [0.2, 0.25) is 0 Å². The summed E-state index contributed by atoms with van der Waals surface area (Å²) in [6.45, 7) is 2.40. The predicted molar refractivity (Wildman–Crippen MR) is 134 cm³/mol. The fourth-order valence-electron chi connectivity index (χ4n) is 8.10. The van der Waals surface area contributed by atoms with Crippen molar-refractivity contribution in [2.45, 2.75) is 68.5 Å². The SMILES string of the molecule is CN(C)C1CC23CCC4(O2)C(=CCC2(C)C(c5ccc6ncncc6c5)=CCC24)C=C3C(O)C1O. The van der Waals surface area contributed by atoms with Crippen LogP contribution in [0.1, 0.15) is 44.6 Å². The first-order valence-corrected chi connectivity index (χ1v) is 12.8. The van der Waals surface area contributed by atoms with Gasteiger partial charge in [-0.1, -0.05) is 31.2 Å². The number of aliphatic hydroxyl groups excluding tert-OH is 2. The fraction of sp³-hybridized carbons (Fsp3) is 0.517. The van der Waals surface area contributed by atoms with Crippen LogP contribution in [0.4, 0.5) is 0 Å². The number of hydrogen-bond acceptors (Lipinski definition) is 6. The van der Waals surface area contributed by atoms with Crippen molar-refractivity contribution in [3.63, 3.8) is 0 Å². The summed E-state index contributed by atoms with van der Waals surface area (Å²) in [4.78, 5) is 10.6. The Labute approximate surface area is 206 Å². The molecule has 1 aromatic heterocycles. The highest BCUT2D eigenvalue weighted by Gasteiger charge is 2.67. The minimum atomic E-state index is -0.890. The molecule has 3 heterocycles. The third-order valence-corrected chi connectivity index (χ3v) is 9.91. The maximum absolute atomic E-state index is 11.1. The largest absolute Gasteiger partial charge is 0.388 e. The number of aromatic nitrogens is 2. The first-order valence-electron chi connectivity index (χ1n) is 12.8. The summed E-state index contributed by atoms with van der Waals surface area (Å²) < 4.78 is 7.23. The second-order valence-electron chi connectivity index (χ2n) is 11.7. The molecule has 2 fully saturated rings. The number of hydrogen-bond donors (Lipinski definition) is 2. The van der Waals surface area contributed by atoms with E-state index in [0.717, 1.165) is 42.2 Å². The van der Waals surface area contributed by atoms with Crippen molar-refractivity contribution in [3.05, 3.63) is 65.7 Å². The molecule has 3 aliphatic carbocycles. The Hall–Kier alpha value is -2.38. The van der Waals surface area contributed by atoms with Gasteiger partial charge in [-0.25, -0.2) is 9.97 Å². The van der Waals surface area contributed by atoms with Gasteiger partial charge in [0.05, 0.1) is 22.8 Å². The Bertz CT molecular complexity index is 1330. The molecule has 2 N–H and O–H groups in total. The first kappa shape index (κ1) is 21.9. The molecular weight excluding hydrogens is 438 g/mol. The monoisotopic (exact) mass is 471 g/mol. The third-order valence-electron chi connectivity index (χ3n) is 9.91. The van der Waals surface area contributed by atoms with Crippen LogP contribution in [-0.2, 0) is 4.74 Å². The van der Waals surface area contributed by atoms with Crippen LogP contribution in [-0.4, -0.2) is 68.6 Å². The van der Waals surface area contributed by atoms with E-state index in [9.17, 15) is 10.2 Å². The normalized spacial score (nSPS) is 41.7. The smallest absolute Gasteiger partial charge is 0.116 e. The lowest BCUT2D eigenvalue weighted by molar-refractivity contribution is -0.161. The summed E-state index contributed by atoms with van der Waals surface area (Å²) in [5, 5.41) is 23.1. The number of ether oxygens (including phenoxy) is 1. The minimum Gasteiger partial charge on any atom is -0.388 e. The van der Waals surface area contributed by atoms with Gasteiger partial charge in [-0.2, -0.15) is 0 Å². The van der Waals surface area contributed by atoms with E-state index >= 15 is 0 Å². The van der Waals surface area contributed by atoms with Crippen molar-refractivity contribution in [1.82, 2.24) is 14.9 Å². The zero-order chi connectivity index (χ0) is 24.2. The van der Waals surface area contributed by atoms with Gasteiger partial charge in [-0.05, 0) is 80.6 Å². The Morgan fingerprint density at radius 3 is 2.83 bits per heavy atom. The van der Waals surface area contributed by atoms with Gasteiger partial charge in [-0.3, -0.25) is 0 Å². The number of allylic oxidation sites excluding steroid dienone is 3. The van der Waals surface area contributed by atoms with Crippen LogP contribution in [0.25, 0.3) is 16.5 Å². The van der Waals surface area contributed by atoms with Crippen LogP contribution < -0.4 is 0 Å². The zero-order valence-electron chi connectivity index (χ0n) is 20.6. The molecule has 6 nitrogen and oxygen atoms in total. The quantitative estimate of drug-likeness (QED) is 0.696. The number of likely N-dealkylation sites (N-methyl/N-ethyl adjacent to an activating group) is 1. The summed E-state index contributed by atoms with van der Waals surface area (Å²) in [5.74, 6) is 0.340. The molecule has 2 spiro atoms. The van der Waals surface area contributed by atoms with E-state index in [1.54, 1.807) is 6.33 Å². The average Bonchev–Trinajstić information content (AvgIpc) is 3.37. The molecule has 1 saturated heterocycles. The standard InChI is InChI=1S/C29H33N3O3/c1-27-9-8-19-13-21-25(33)26(34)23(32(2)3)14-28(21)10-11-29(19,35-28)24(27)7-5-20(27)17-4-6-22-18(12-17)15-30-16-31-22/h4-6,8,12-13,15-16,23-26,33-34H,7,9-11,14H2,1-3H3. The summed E-state index contributed by atoms with van der Waals surface area (Å²) in [6, 6.07) is 6.39. The van der Waals surface area contributed by atoms with Gasteiger partial charge in [0.25, 0.3) is 0 Å². The van der Waals surface area contributed by atoms with Crippen molar-refractivity contribution in [3.8, 4) is 0 Å². The Morgan fingerprint density at radius 2 is 2.00 bits per heavy atom. The van der Waals surface area contributed by atoms with Crippen LogP contribution in [0.3, 0.4) is 0 Å². The van der Waals surface area contributed by atoms with E-state index in [-0.39, 0.29) is 17.1 Å². The molecule has 2 bridgehead atoms. The van der Waals surface area contributed by atoms with E-state index < -0.39 is 17.8 Å². The maximum atomic E-state index is 11.1. The average molecular weight is 472 g/mol. The molecule has 0 radical (unpaired) electrons. The van der Waals surface area contributed by atoms with Crippen LogP contribution >= 0.6 is 0 Å². The van der Waals surface area contributed by atoms with Gasteiger partial charge in [-0.15, -0.1) is 0 Å². The third kappa shape index (κ3) is 2.74. The summed E-state index contributed by atoms with van der Waals surface area (Å²) >= 11 is 0. The first-order chi connectivity index (χ1) is 16.8. The van der Waals surface area contributed by atoms with E-state index in [2.05, 4.69) is 53.3 Å². The minimum absolute atomic E-state index is 0.0303. The van der Waals surface area contributed by atoms with Gasteiger partial charge in [0.15, 0.2) is 0 Å². The lowest BCUT2D eigenvalue weighted by atomic mass is 9.58. The maximum Gasteiger partial charge on any atom is 0.116 e. The van der Waals surface area contributed by atoms with Crippen LogP contribution in [0.2, 0.25) is 0 Å². The number of benzene rings is 1. The second-order valence-corrected chi connectivity index (χ2v) is 11.7. The molecule has 2 aliphatic heterocycles. The predicted octanol–water partition coefficient (Wildman–Crippen LogP) is 3.65. The molecule has 35 heavy (non-hydrogen) atoms.